The number of anilines is 1. The fourth-order valence-corrected chi connectivity index (χ4v) is 1.67. The molecule has 0 radical (unpaired) electrons. The molecule has 0 fully saturated rings. The molecule has 0 saturated heterocycles. The van der Waals surface area contributed by atoms with Crippen molar-refractivity contribution in [2.45, 2.75) is 26.7 Å². The van der Waals surface area contributed by atoms with E-state index in [1.54, 1.807) is 12.1 Å². The number of halogens is 2. The standard InChI is InChI=1S/C12H17ClFN/c1-3-4-9(2)8-15-12-6-5-10(13)7-11(12)14/h5-7,9,15H,3-4,8H2,1-2H3. The van der Waals surface area contributed by atoms with Gasteiger partial charge in [0.2, 0.25) is 0 Å². The molecule has 15 heavy (non-hydrogen) atoms. The molecule has 0 aliphatic carbocycles. The van der Waals surface area contributed by atoms with Gasteiger partial charge in [-0.05, 0) is 30.5 Å². The molecule has 84 valence electrons. The average Bonchev–Trinajstić information content (AvgIpc) is 2.17. The van der Waals surface area contributed by atoms with Crippen molar-refractivity contribution in [1.82, 2.24) is 0 Å². The second kappa shape index (κ2) is 5.96. The highest BCUT2D eigenvalue weighted by molar-refractivity contribution is 6.30. The molecule has 0 amide bonds. The zero-order chi connectivity index (χ0) is 11.3. The molecule has 1 atom stereocenters. The maximum atomic E-state index is 13.3. The number of benzene rings is 1. The van der Waals surface area contributed by atoms with Gasteiger partial charge in [0, 0.05) is 11.6 Å². The van der Waals surface area contributed by atoms with Crippen LogP contribution in [0.4, 0.5) is 10.1 Å². The van der Waals surface area contributed by atoms with Crippen LogP contribution in [0.5, 0.6) is 0 Å². The summed E-state index contributed by atoms with van der Waals surface area (Å²) in [5.74, 6) is 0.274. The van der Waals surface area contributed by atoms with Crippen molar-refractivity contribution in [3.63, 3.8) is 0 Å². The molecule has 1 aromatic rings. The fourth-order valence-electron chi connectivity index (χ4n) is 1.51. The normalized spacial score (nSPS) is 12.5. The minimum absolute atomic E-state index is 0.286. The molecule has 1 rings (SSSR count). The lowest BCUT2D eigenvalue weighted by atomic mass is 10.1. The third-order valence-electron chi connectivity index (χ3n) is 2.35. The van der Waals surface area contributed by atoms with E-state index >= 15 is 0 Å². The van der Waals surface area contributed by atoms with Gasteiger partial charge in [-0.2, -0.15) is 0 Å². The van der Waals surface area contributed by atoms with Gasteiger partial charge in [-0.1, -0.05) is 31.9 Å². The Bertz CT molecular complexity index is 314. The molecular formula is C12H17ClFN. The number of hydrogen-bond donors (Lipinski definition) is 1. The third kappa shape index (κ3) is 4.08. The summed E-state index contributed by atoms with van der Waals surface area (Å²) < 4.78 is 13.3. The van der Waals surface area contributed by atoms with E-state index in [1.165, 1.54) is 6.07 Å². The maximum absolute atomic E-state index is 13.3. The van der Waals surface area contributed by atoms with Crippen LogP contribution in [0.25, 0.3) is 0 Å². The van der Waals surface area contributed by atoms with E-state index in [0.717, 1.165) is 19.4 Å². The highest BCUT2D eigenvalue weighted by Crippen LogP contribution is 2.19. The molecular weight excluding hydrogens is 213 g/mol. The van der Waals surface area contributed by atoms with E-state index in [0.29, 0.717) is 16.6 Å². The van der Waals surface area contributed by atoms with Gasteiger partial charge >= 0.3 is 0 Å². The quantitative estimate of drug-likeness (QED) is 0.793. The molecule has 0 spiro atoms. The van der Waals surface area contributed by atoms with Crippen molar-refractivity contribution in [2.75, 3.05) is 11.9 Å². The Morgan fingerprint density at radius 3 is 2.80 bits per heavy atom. The van der Waals surface area contributed by atoms with Crippen LogP contribution in [0.2, 0.25) is 5.02 Å². The van der Waals surface area contributed by atoms with Gasteiger partial charge in [0.05, 0.1) is 5.69 Å². The van der Waals surface area contributed by atoms with Crippen molar-refractivity contribution < 1.29 is 4.39 Å². The first-order chi connectivity index (χ1) is 7.13. The molecule has 0 aliphatic rings. The van der Waals surface area contributed by atoms with Gasteiger partial charge < -0.3 is 5.32 Å². The van der Waals surface area contributed by atoms with Gasteiger partial charge in [0.15, 0.2) is 0 Å². The van der Waals surface area contributed by atoms with Crippen LogP contribution in [-0.4, -0.2) is 6.54 Å². The van der Waals surface area contributed by atoms with E-state index in [1.807, 2.05) is 0 Å². The molecule has 0 aliphatic heterocycles. The highest BCUT2D eigenvalue weighted by Gasteiger charge is 2.04. The monoisotopic (exact) mass is 229 g/mol. The summed E-state index contributed by atoms with van der Waals surface area (Å²) in [6.45, 7) is 5.11. The first kappa shape index (κ1) is 12.3. The molecule has 0 bridgehead atoms. The minimum atomic E-state index is -0.286. The van der Waals surface area contributed by atoms with E-state index in [2.05, 4.69) is 19.2 Å². The van der Waals surface area contributed by atoms with Gasteiger partial charge in [0.1, 0.15) is 5.82 Å². The van der Waals surface area contributed by atoms with E-state index in [-0.39, 0.29) is 5.82 Å². The van der Waals surface area contributed by atoms with Gasteiger partial charge in [-0.15, -0.1) is 0 Å². The van der Waals surface area contributed by atoms with Crippen molar-refractivity contribution in [2.24, 2.45) is 5.92 Å². The molecule has 1 nitrogen and oxygen atoms in total. The fraction of sp³-hybridized carbons (Fsp3) is 0.500. The molecule has 0 aromatic heterocycles. The summed E-state index contributed by atoms with van der Waals surface area (Å²) in [6, 6.07) is 4.70. The van der Waals surface area contributed by atoms with Gasteiger partial charge in [0.25, 0.3) is 0 Å². The second-order valence-corrected chi connectivity index (χ2v) is 4.34. The van der Waals surface area contributed by atoms with Crippen LogP contribution >= 0.6 is 11.6 Å². The first-order valence-corrected chi connectivity index (χ1v) is 5.70. The Balaban J connectivity index is 2.50. The first-order valence-electron chi connectivity index (χ1n) is 5.32. The molecule has 1 unspecified atom stereocenters. The zero-order valence-electron chi connectivity index (χ0n) is 9.19. The van der Waals surface area contributed by atoms with Crippen molar-refractivity contribution in [1.29, 1.82) is 0 Å². The zero-order valence-corrected chi connectivity index (χ0v) is 9.94. The Kier molecular flexibility index (Phi) is 4.89. The topological polar surface area (TPSA) is 12.0 Å². The summed E-state index contributed by atoms with van der Waals surface area (Å²) >= 11 is 5.66. The Morgan fingerprint density at radius 2 is 2.20 bits per heavy atom. The van der Waals surface area contributed by atoms with Crippen molar-refractivity contribution >= 4 is 17.3 Å². The van der Waals surface area contributed by atoms with Crippen LogP contribution < -0.4 is 5.32 Å². The summed E-state index contributed by atoms with van der Waals surface area (Å²) in [4.78, 5) is 0. The summed E-state index contributed by atoms with van der Waals surface area (Å²) in [6.07, 6.45) is 2.31. The van der Waals surface area contributed by atoms with Crippen LogP contribution in [-0.2, 0) is 0 Å². The lowest BCUT2D eigenvalue weighted by Gasteiger charge is -2.13. The highest BCUT2D eigenvalue weighted by atomic mass is 35.5. The van der Waals surface area contributed by atoms with Gasteiger partial charge in [-0.25, -0.2) is 4.39 Å². The molecule has 1 aromatic carbocycles. The molecule has 0 saturated carbocycles. The minimum Gasteiger partial charge on any atom is -0.382 e. The SMILES string of the molecule is CCCC(C)CNc1ccc(Cl)cc1F. The lowest BCUT2D eigenvalue weighted by Crippen LogP contribution is -2.11. The van der Waals surface area contributed by atoms with Gasteiger partial charge in [-0.3, -0.25) is 0 Å². The Morgan fingerprint density at radius 1 is 1.47 bits per heavy atom. The van der Waals surface area contributed by atoms with Crippen LogP contribution in [0, 0.1) is 11.7 Å². The molecule has 0 heterocycles. The largest absolute Gasteiger partial charge is 0.382 e. The average molecular weight is 230 g/mol. The summed E-state index contributed by atoms with van der Waals surface area (Å²) in [5.41, 5.74) is 0.530. The van der Waals surface area contributed by atoms with Crippen molar-refractivity contribution in [3.8, 4) is 0 Å². The van der Waals surface area contributed by atoms with Crippen LogP contribution in [0.3, 0.4) is 0 Å². The molecule has 3 heteroatoms. The molecule has 1 N–H and O–H groups in total. The van der Waals surface area contributed by atoms with Crippen LogP contribution in [0.1, 0.15) is 26.7 Å². The van der Waals surface area contributed by atoms with Crippen molar-refractivity contribution in [3.05, 3.63) is 29.0 Å². The predicted octanol–water partition coefficient (Wildman–Crippen LogP) is 4.33. The number of rotatable bonds is 5. The summed E-state index contributed by atoms with van der Waals surface area (Å²) in [5, 5.41) is 3.52. The number of hydrogen-bond acceptors (Lipinski definition) is 1. The Hall–Kier alpha value is -0.760. The maximum Gasteiger partial charge on any atom is 0.147 e. The summed E-state index contributed by atoms with van der Waals surface area (Å²) in [7, 11) is 0. The predicted molar refractivity (Wildman–Crippen MR) is 64.0 cm³/mol. The number of nitrogens with one attached hydrogen (secondary N) is 1. The van der Waals surface area contributed by atoms with E-state index in [9.17, 15) is 4.39 Å². The van der Waals surface area contributed by atoms with E-state index in [4.69, 9.17) is 11.6 Å². The van der Waals surface area contributed by atoms with E-state index < -0.39 is 0 Å². The van der Waals surface area contributed by atoms with Crippen LogP contribution in [0.15, 0.2) is 18.2 Å². The Labute approximate surface area is 95.6 Å². The third-order valence-corrected chi connectivity index (χ3v) is 2.59. The smallest absolute Gasteiger partial charge is 0.147 e. The lowest BCUT2D eigenvalue weighted by molar-refractivity contribution is 0.547. The second-order valence-electron chi connectivity index (χ2n) is 3.90.